The molecule has 1 amide bonds. The first-order chi connectivity index (χ1) is 15.9. The summed E-state index contributed by atoms with van der Waals surface area (Å²) in [5.74, 6) is 0.257. The molecule has 33 heavy (non-hydrogen) atoms. The first kappa shape index (κ1) is 25.2. The Bertz CT molecular complexity index is 1080. The Morgan fingerprint density at radius 2 is 1.45 bits per heavy atom. The summed E-state index contributed by atoms with van der Waals surface area (Å²) in [5, 5.41) is 3.13. The zero-order chi connectivity index (χ0) is 23.6. The molecular weight excluding hydrogens is 505 g/mol. The fourth-order valence-corrected chi connectivity index (χ4v) is 4.28. The molecule has 0 aromatic heterocycles. The van der Waals surface area contributed by atoms with Gasteiger partial charge in [-0.05, 0) is 17.2 Å². The molecule has 9 heteroatoms. The monoisotopic (exact) mass is 523 g/mol. The number of halogens is 3. The molecule has 0 aliphatic rings. The molecule has 0 saturated carbocycles. The van der Waals surface area contributed by atoms with Crippen molar-refractivity contribution in [2.24, 2.45) is 0 Å². The highest BCUT2D eigenvalue weighted by molar-refractivity contribution is 7.98. The number of esters is 1. The summed E-state index contributed by atoms with van der Waals surface area (Å²) in [6, 6.07) is 20.8. The summed E-state index contributed by atoms with van der Waals surface area (Å²) in [4.78, 5) is 25.2. The van der Waals surface area contributed by atoms with Gasteiger partial charge in [-0.1, -0.05) is 95.5 Å². The predicted molar refractivity (Wildman–Crippen MR) is 133 cm³/mol. The number of carbonyl (C=O) groups excluding carboxylic acids is 2. The third-order valence-corrected chi connectivity index (χ3v) is 6.49. The van der Waals surface area contributed by atoms with Crippen LogP contribution in [0.5, 0.6) is 5.75 Å². The smallest absolute Gasteiger partial charge is 0.408 e. The van der Waals surface area contributed by atoms with Gasteiger partial charge in [0.15, 0.2) is 5.75 Å². The lowest BCUT2D eigenvalue weighted by molar-refractivity contribution is -0.136. The van der Waals surface area contributed by atoms with Crippen LogP contribution in [0, 0.1) is 0 Å². The molecule has 0 unspecified atom stereocenters. The highest BCUT2D eigenvalue weighted by Crippen LogP contribution is 2.34. The van der Waals surface area contributed by atoms with Crippen molar-refractivity contribution in [3.63, 3.8) is 0 Å². The molecule has 1 atom stereocenters. The van der Waals surface area contributed by atoms with E-state index >= 15 is 0 Å². The van der Waals surface area contributed by atoms with Crippen molar-refractivity contribution in [1.82, 2.24) is 5.32 Å². The van der Waals surface area contributed by atoms with Gasteiger partial charge < -0.3 is 14.8 Å². The van der Waals surface area contributed by atoms with E-state index in [1.807, 2.05) is 60.7 Å². The SMILES string of the molecule is O=C(N[C@@H](CSCc1ccccc1)C(=O)Oc1cc(Cl)c(Cl)cc1Cl)OCc1ccccc1. The van der Waals surface area contributed by atoms with Crippen LogP contribution in [0.1, 0.15) is 11.1 Å². The zero-order valence-corrected chi connectivity index (χ0v) is 20.4. The second-order valence-corrected chi connectivity index (χ2v) is 9.13. The van der Waals surface area contributed by atoms with E-state index in [1.165, 1.54) is 23.9 Å². The van der Waals surface area contributed by atoms with Crippen molar-refractivity contribution in [2.75, 3.05) is 5.75 Å². The molecule has 3 aromatic rings. The molecule has 0 spiro atoms. The normalized spacial score (nSPS) is 11.5. The van der Waals surface area contributed by atoms with Gasteiger partial charge >= 0.3 is 12.1 Å². The lowest BCUT2D eigenvalue weighted by atomic mass is 10.2. The van der Waals surface area contributed by atoms with Crippen LogP contribution in [-0.4, -0.2) is 23.9 Å². The highest BCUT2D eigenvalue weighted by atomic mass is 35.5. The number of rotatable bonds is 9. The Hall–Kier alpha value is -2.38. The van der Waals surface area contributed by atoms with Crippen LogP contribution in [0.25, 0.3) is 0 Å². The fraction of sp³-hybridized carbons (Fsp3) is 0.167. The number of alkyl carbamates (subject to hydrolysis) is 1. The minimum atomic E-state index is -0.979. The van der Waals surface area contributed by atoms with Crippen LogP contribution in [0.3, 0.4) is 0 Å². The number of hydrogen-bond donors (Lipinski definition) is 1. The molecule has 3 rings (SSSR count). The summed E-state index contributed by atoms with van der Waals surface area (Å²) in [5.41, 5.74) is 1.92. The van der Waals surface area contributed by atoms with Crippen LogP contribution < -0.4 is 10.1 Å². The summed E-state index contributed by atoms with van der Waals surface area (Å²) in [6.45, 7) is 0.0736. The number of benzene rings is 3. The lowest BCUT2D eigenvalue weighted by Crippen LogP contribution is -2.45. The van der Waals surface area contributed by atoms with Crippen molar-refractivity contribution in [1.29, 1.82) is 0 Å². The van der Waals surface area contributed by atoms with Crippen LogP contribution in [0.4, 0.5) is 4.79 Å². The van der Waals surface area contributed by atoms with Crippen LogP contribution in [-0.2, 0) is 21.9 Å². The van der Waals surface area contributed by atoms with Gasteiger partial charge in [0.2, 0.25) is 0 Å². The first-order valence-electron chi connectivity index (χ1n) is 9.87. The zero-order valence-electron chi connectivity index (χ0n) is 17.3. The van der Waals surface area contributed by atoms with Crippen LogP contribution in [0.2, 0.25) is 15.1 Å². The molecule has 0 aliphatic heterocycles. The topological polar surface area (TPSA) is 64.6 Å². The molecule has 0 saturated heterocycles. The Labute approximate surface area is 211 Å². The molecule has 0 heterocycles. The van der Waals surface area contributed by atoms with Crippen molar-refractivity contribution < 1.29 is 19.1 Å². The maximum absolute atomic E-state index is 12.9. The molecule has 0 radical (unpaired) electrons. The quantitative estimate of drug-likeness (QED) is 0.190. The average Bonchev–Trinajstić information content (AvgIpc) is 2.82. The number of nitrogens with one attached hydrogen (secondary N) is 1. The van der Waals surface area contributed by atoms with Gasteiger partial charge in [-0.15, -0.1) is 0 Å². The Morgan fingerprint density at radius 3 is 2.12 bits per heavy atom. The largest absolute Gasteiger partial charge is 0.445 e. The number of amides is 1. The maximum atomic E-state index is 12.9. The van der Waals surface area contributed by atoms with Gasteiger partial charge in [0.25, 0.3) is 0 Å². The van der Waals surface area contributed by atoms with E-state index in [2.05, 4.69) is 5.32 Å². The minimum absolute atomic E-state index is 0.0496. The first-order valence-corrected chi connectivity index (χ1v) is 12.2. The summed E-state index contributed by atoms with van der Waals surface area (Å²) in [6.07, 6.45) is -0.735. The summed E-state index contributed by atoms with van der Waals surface area (Å²) < 4.78 is 10.7. The van der Waals surface area contributed by atoms with E-state index in [9.17, 15) is 9.59 Å². The van der Waals surface area contributed by atoms with Crippen LogP contribution in [0.15, 0.2) is 72.8 Å². The van der Waals surface area contributed by atoms with Gasteiger partial charge in [-0.2, -0.15) is 11.8 Å². The summed E-state index contributed by atoms with van der Waals surface area (Å²) in [7, 11) is 0. The van der Waals surface area contributed by atoms with Crippen LogP contribution >= 0.6 is 46.6 Å². The van der Waals surface area contributed by atoms with Crippen molar-refractivity contribution in [3.8, 4) is 5.75 Å². The molecule has 0 bridgehead atoms. The summed E-state index contributed by atoms with van der Waals surface area (Å²) >= 11 is 19.5. The Kier molecular flexibility index (Phi) is 9.76. The average molecular weight is 525 g/mol. The van der Waals surface area contributed by atoms with E-state index in [4.69, 9.17) is 44.3 Å². The van der Waals surface area contributed by atoms with Gasteiger partial charge in [-0.25, -0.2) is 9.59 Å². The number of thioether (sulfide) groups is 1. The maximum Gasteiger partial charge on any atom is 0.408 e. The van der Waals surface area contributed by atoms with E-state index in [1.54, 1.807) is 0 Å². The second-order valence-electron chi connectivity index (χ2n) is 6.88. The number of hydrogen-bond acceptors (Lipinski definition) is 5. The van der Waals surface area contributed by atoms with Crippen molar-refractivity contribution in [2.45, 2.75) is 18.4 Å². The van der Waals surface area contributed by atoms with E-state index in [0.29, 0.717) is 5.75 Å². The fourth-order valence-electron chi connectivity index (χ4n) is 2.71. The molecule has 1 N–H and O–H groups in total. The Morgan fingerprint density at radius 1 is 0.848 bits per heavy atom. The van der Waals surface area contributed by atoms with Gasteiger partial charge in [0.05, 0.1) is 15.1 Å². The molecular formula is C24H20Cl3NO4S. The molecule has 3 aromatic carbocycles. The molecule has 0 aliphatic carbocycles. The lowest BCUT2D eigenvalue weighted by Gasteiger charge is -2.18. The molecule has 5 nitrogen and oxygen atoms in total. The molecule has 0 fully saturated rings. The predicted octanol–water partition coefficient (Wildman–Crippen LogP) is 6.78. The van der Waals surface area contributed by atoms with Gasteiger partial charge in [0, 0.05) is 17.6 Å². The Balaban J connectivity index is 1.64. The number of ether oxygens (including phenoxy) is 2. The van der Waals surface area contributed by atoms with Crippen molar-refractivity contribution in [3.05, 3.63) is 99.0 Å². The third kappa shape index (κ3) is 8.16. The third-order valence-electron chi connectivity index (χ3n) is 4.37. The van der Waals surface area contributed by atoms with Gasteiger partial charge in [0.1, 0.15) is 12.6 Å². The second kappa shape index (κ2) is 12.8. The highest BCUT2D eigenvalue weighted by Gasteiger charge is 2.25. The number of carbonyl (C=O) groups is 2. The standard InChI is InChI=1S/C24H20Cl3NO4S/c25-18-11-20(27)22(12-19(18)26)32-23(29)21(15-33-14-17-9-5-2-6-10-17)28-24(30)31-13-16-7-3-1-4-8-16/h1-12,21H,13-15H2,(H,28,30)/t21-/m0/s1. The van der Waals surface area contributed by atoms with E-state index < -0.39 is 18.1 Å². The minimum Gasteiger partial charge on any atom is -0.445 e. The van der Waals surface area contributed by atoms with Gasteiger partial charge in [-0.3, -0.25) is 0 Å². The van der Waals surface area contributed by atoms with E-state index in [-0.39, 0.29) is 33.2 Å². The van der Waals surface area contributed by atoms with Crippen molar-refractivity contribution >= 4 is 58.6 Å². The van der Waals surface area contributed by atoms with E-state index in [0.717, 1.165) is 11.1 Å². The molecule has 172 valence electrons.